The average molecular weight is 230 g/mol. The van der Waals surface area contributed by atoms with Crippen molar-refractivity contribution in [1.29, 1.82) is 0 Å². The van der Waals surface area contributed by atoms with Gasteiger partial charge in [0.25, 0.3) is 5.91 Å². The van der Waals surface area contributed by atoms with Gasteiger partial charge in [-0.25, -0.2) is 5.01 Å². The molecular weight excluding hydrogens is 216 g/mol. The summed E-state index contributed by atoms with van der Waals surface area (Å²) < 4.78 is 0. The fourth-order valence-corrected chi connectivity index (χ4v) is 1.75. The zero-order valence-corrected chi connectivity index (χ0v) is 10.1. The van der Waals surface area contributed by atoms with E-state index in [9.17, 15) is 9.90 Å². The van der Waals surface area contributed by atoms with Gasteiger partial charge < -0.3 is 5.11 Å². The summed E-state index contributed by atoms with van der Waals surface area (Å²) in [6.45, 7) is 3.63. The minimum atomic E-state index is -0.103. The second kappa shape index (κ2) is 4.05. The number of hydrazone groups is 1. The van der Waals surface area contributed by atoms with E-state index in [1.165, 1.54) is 5.01 Å². The van der Waals surface area contributed by atoms with E-state index >= 15 is 0 Å². The maximum Gasteiger partial charge on any atom is 0.275 e. The number of hydrogen-bond donors (Lipinski definition) is 1. The fraction of sp³-hybridized carbons (Fsp3) is 0.231. The zero-order valence-electron chi connectivity index (χ0n) is 10.1. The number of phenols is 1. The molecule has 0 atom stereocenters. The Kier molecular flexibility index (Phi) is 2.71. The predicted molar refractivity (Wildman–Crippen MR) is 66.7 cm³/mol. The van der Waals surface area contributed by atoms with Crippen molar-refractivity contribution in [2.24, 2.45) is 5.10 Å². The monoisotopic (exact) mass is 230 g/mol. The Labute approximate surface area is 99.9 Å². The Bertz CT molecular complexity index is 544. The molecule has 0 aromatic heterocycles. The van der Waals surface area contributed by atoms with Gasteiger partial charge in [0.2, 0.25) is 0 Å². The Balaban J connectivity index is 2.40. The lowest BCUT2D eigenvalue weighted by Crippen LogP contribution is -2.16. The minimum absolute atomic E-state index is 0.103. The molecule has 0 bridgehead atoms. The van der Waals surface area contributed by atoms with Crippen LogP contribution in [0.15, 0.2) is 28.9 Å². The summed E-state index contributed by atoms with van der Waals surface area (Å²) in [6, 6.07) is 5.23. The smallest absolute Gasteiger partial charge is 0.275 e. The summed E-state index contributed by atoms with van der Waals surface area (Å²) in [6.07, 6.45) is 1.79. The molecule has 0 saturated carbocycles. The number of aromatic hydroxyl groups is 1. The SMILES string of the molecule is CC1=NN(C)C(=O)C1=Cc1ccc(O)c(C)c1. The largest absolute Gasteiger partial charge is 0.508 e. The predicted octanol–water partition coefficient (Wildman–Crippen LogP) is 1.93. The van der Waals surface area contributed by atoms with Crippen molar-refractivity contribution >= 4 is 17.7 Å². The average Bonchev–Trinajstić information content (AvgIpc) is 2.50. The molecule has 1 heterocycles. The van der Waals surface area contributed by atoms with E-state index in [1.807, 2.05) is 13.0 Å². The van der Waals surface area contributed by atoms with Gasteiger partial charge in [0.05, 0.1) is 11.3 Å². The molecule has 1 aliphatic heterocycles. The number of amides is 1. The number of hydrogen-bond acceptors (Lipinski definition) is 3. The molecule has 0 aliphatic carbocycles. The first-order valence-electron chi connectivity index (χ1n) is 5.34. The van der Waals surface area contributed by atoms with Crippen LogP contribution in [0.25, 0.3) is 6.08 Å². The summed E-state index contributed by atoms with van der Waals surface area (Å²) in [5.74, 6) is 0.153. The molecule has 4 nitrogen and oxygen atoms in total. The maximum absolute atomic E-state index is 11.8. The van der Waals surface area contributed by atoms with Gasteiger partial charge in [0, 0.05) is 7.05 Å². The molecule has 2 rings (SSSR count). The highest BCUT2D eigenvalue weighted by atomic mass is 16.3. The van der Waals surface area contributed by atoms with E-state index in [-0.39, 0.29) is 11.7 Å². The second-order valence-electron chi connectivity index (χ2n) is 4.12. The van der Waals surface area contributed by atoms with Crippen LogP contribution in [-0.2, 0) is 4.79 Å². The molecule has 0 unspecified atom stereocenters. The lowest BCUT2D eigenvalue weighted by Gasteiger charge is -2.03. The van der Waals surface area contributed by atoms with Gasteiger partial charge in [0.15, 0.2) is 0 Å². The Hall–Kier alpha value is -2.10. The van der Waals surface area contributed by atoms with Crippen molar-refractivity contribution in [2.75, 3.05) is 7.05 Å². The molecule has 88 valence electrons. The number of aryl methyl sites for hydroxylation is 1. The van der Waals surface area contributed by atoms with Crippen LogP contribution in [-0.4, -0.2) is 28.8 Å². The lowest BCUT2D eigenvalue weighted by molar-refractivity contribution is -0.124. The maximum atomic E-state index is 11.8. The van der Waals surface area contributed by atoms with Gasteiger partial charge >= 0.3 is 0 Å². The highest BCUT2D eigenvalue weighted by molar-refractivity contribution is 6.26. The number of carbonyl (C=O) groups excluding carboxylic acids is 1. The van der Waals surface area contributed by atoms with Crippen molar-refractivity contribution in [2.45, 2.75) is 13.8 Å². The third kappa shape index (κ3) is 2.06. The van der Waals surface area contributed by atoms with E-state index in [2.05, 4.69) is 5.10 Å². The molecule has 1 aromatic rings. The number of rotatable bonds is 1. The molecule has 0 radical (unpaired) electrons. The third-order valence-electron chi connectivity index (χ3n) is 2.75. The molecule has 1 aromatic carbocycles. The molecular formula is C13H14N2O2. The summed E-state index contributed by atoms with van der Waals surface area (Å²) in [5, 5.41) is 14.8. The van der Waals surface area contributed by atoms with Crippen LogP contribution < -0.4 is 0 Å². The first-order chi connectivity index (χ1) is 7.99. The number of nitrogens with zero attached hydrogens (tertiary/aromatic N) is 2. The Morgan fingerprint density at radius 1 is 1.35 bits per heavy atom. The molecule has 17 heavy (non-hydrogen) atoms. The van der Waals surface area contributed by atoms with Gasteiger partial charge in [-0.15, -0.1) is 0 Å². The van der Waals surface area contributed by atoms with E-state index in [1.54, 1.807) is 32.2 Å². The molecule has 1 amide bonds. The lowest BCUT2D eigenvalue weighted by atomic mass is 10.1. The van der Waals surface area contributed by atoms with E-state index in [0.29, 0.717) is 11.3 Å². The van der Waals surface area contributed by atoms with E-state index < -0.39 is 0 Å². The number of carbonyl (C=O) groups is 1. The summed E-state index contributed by atoms with van der Waals surface area (Å²) in [7, 11) is 1.63. The van der Waals surface area contributed by atoms with E-state index in [4.69, 9.17) is 0 Å². The summed E-state index contributed by atoms with van der Waals surface area (Å²) >= 11 is 0. The summed E-state index contributed by atoms with van der Waals surface area (Å²) in [4.78, 5) is 11.8. The first-order valence-corrected chi connectivity index (χ1v) is 5.34. The molecule has 1 N–H and O–H groups in total. The quantitative estimate of drug-likeness (QED) is 0.749. The first kappa shape index (κ1) is 11.4. The van der Waals surface area contributed by atoms with Gasteiger partial charge in [-0.3, -0.25) is 4.79 Å². The van der Waals surface area contributed by atoms with Crippen LogP contribution >= 0.6 is 0 Å². The molecule has 0 saturated heterocycles. The summed E-state index contributed by atoms with van der Waals surface area (Å²) in [5.41, 5.74) is 2.97. The van der Waals surface area contributed by atoms with Crippen molar-refractivity contribution in [3.05, 3.63) is 34.9 Å². The standard InChI is InChI=1S/C13H14N2O2/c1-8-6-10(4-5-12(8)16)7-11-9(2)14-15(3)13(11)17/h4-7,16H,1-3H3. The van der Waals surface area contributed by atoms with Crippen molar-refractivity contribution in [1.82, 2.24) is 5.01 Å². The van der Waals surface area contributed by atoms with Crippen LogP contribution in [0, 0.1) is 6.92 Å². The number of phenolic OH excluding ortho intramolecular Hbond substituents is 1. The van der Waals surface area contributed by atoms with Crippen LogP contribution in [0.3, 0.4) is 0 Å². The number of likely N-dealkylation sites (N-methyl/N-ethyl adjacent to an activating group) is 1. The normalized spacial score (nSPS) is 17.8. The Morgan fingerprint density at radius 3 is 2.59 bits per heavy atom. The highest BCUT2D eigenvalue weighted by Gasteiger charge is 2.23. The van der Waals surface area contributed by atoms with Crippen molar-refractivity contribution < 1.29 is 9.90 Å². The molecule has 0 spiro atoms. The van der Waals surface area contributed by atoms with Gasteiger partial charge in [-0.2, -0.15) is 5.10 Å². The van der Waals surface area contributed by atoms with Gasteiger partial charge in [-0.05, 0) is 43.2 Å². The molecule has 4 heteroatoms. The van der Waals surface area contributed by atoms with Gasteiger partial charge in [-0.1, -0.05) is 6.07 Å². The second-order valence-corrected chi connectivity index (χ2v) is 4.12. The third-order valence-corrected chi connectivity index (χ3v) is 2.75. The van der Waals surface area contributed by atoms with Gasteiger partial charge in [0.1, 0.15) is 5.75 Å². The van der Waals surface area contributed by atoms with Crippen molar-refractivity contribution in [3.8, 4) is 5.75 Å². The molecule has 1 aliphatic rings. The van der Waals surface area contributed by atoms with E-state index in [0.717, 1.165) is 11.1 Å². The molecule has 0 fully saturated rings. The zero-order chi connectivity index (χ0) is 12.6. The fourth-order valence-electron chi connectivity index (χ4n) is 1.75. The van der Waals surface area contributed by atoms with Crippen LogP contribution in [0.2, 0.25) is 0 Å². The Morgan fingerprint density at radius 2 is 2.06 bits per heavy atom. The highest BCUT2D eigenvalue weighted by Crippen LogP contribution is 2.21. The van der Waals surface area contributed by atoms with Crippen LogP contribution in [0.5, 0.6) is 5.75 Å². The van der Waals surface area contributed by atoms with Crippen molar-refractivity contribution in [3.63, 3.8) is 0 Å². The topological polar surface area (TPSA) is 52.9 Å². The van der Waals surface area contributed by atoms with Crippen LogP contribution in [0.4, 0.5) is 0 Å². The minimum Gasteiger partial charge on any atom is -0.508 e. The number of benzene rings is 1. The van der Waals surface area contributed by atoms with Crippen LogP contribution in [0.1, 0.15) is 18.1 Å².